The number of hydrogen-bond donors (Lipinski definition) is 0. The summed E-state index contributed by atoms with van der Waals surface area (Å²) in [6, 6.07) is 20.4. The Balaban J connectivity index is 1.58. The van der Waals surface area contributed by atoms with Gasteiger partial charge >= 0.3 is 0 Å². The van der Waals surface area contributed by atoms with E-state index in [2.05, 4.69) is 14.8 Å². The van der Waals surface area contributed by atoms with E-state index in [4.69, 9.17) is 4.74 Å². The van der Waals surface area contributed by atoms with Gasteiger partial charge in [0.2, 0.25) is 9.84 Å². The predicted molar refractivity (Wildman–Crippen MR) is 131 cm³/mol. The Labute approximate surface area is 198 Å². The third-order valence-electron chi connectivity index (χ3n) is 6.14. The first-order valence-corrected chi connectivity index (χ1v) is 12.5. The molecule has 0 aliphatic carbocycles. The molecule has 0 N–H and O–H groups in total. The lowest BCUT2D eigenvalue weighted by atomic mass is 10.1. The highest BCUT2D eigenvalue weighted by Gasteiger charge is 2.29. The lowest BCUT2D eigenvalue weighted by molar-refractivity contribution is 0.415. The van der Waals surface area contributed by atoms with Crippen molar-refractivity contribution in [3.8, 4) is 5.75 Å². The molecule has 1 aromatic heterocycles. The van der Waals surface area contributed by atoms with E-state index in [0.29, 0.717) is 43.1 Å². The van der Waals surface area contributed by atoms with Crippen molar-refractivity contribution in [3.05, 3.63) is 84.8 Å². The Morgan fingerprint density at radius 2 is 1.56 bits per heavy atom. The summed E-state index contributed by atoms with van der Waals surface area (Å²) >= 11 is 0. The van der Waals surface area contributed by atoms with Crippen molar-refractivity contribution in [2.75, 3.05) is 43.1 Å². The molecule has 0 radical (unpaired) electrons. The van der Waals surface area contributed by atoms with Gasteiger partial charge in [-0.15, -0.1) is 0 Å². The molecule has 2 heterocycles. The van der Waals surface area contributed by atoms with Gasteiger partial charge in [0.15, 0.2) is 0 Å². The van der Waals surface area contributed by atoms with Crippen molar-refractivity contribution in [2.45, 2.75) is 9.79 Å². The number of methoxy groups -OCH3 is 1. The summed E-state index contributed by atoms with van der Waals surface area (Å²) in [6.07, 6.45) is 1.46. The predicted octanol–water partition coefficient (Wildman–Crippen LogP) is 4.54. The van der Waals surface area contributed by atoms with E-state index in [1.54, 1.807) is 49.6 Å². The van der Waals surface area contributed by atoms with Crippen LogP contribution in [0.2, 0.25) is 0 Å². The third kappa shape index (κ3) is 4.05. The second-order valence-electron chi connectivity index (χ2n) is 8.12. The average molecular weight is 478 g/mol. The first kappa shape index (κ1) is 22.2. The van der Waals surface area contributed by atoms with E-state index in [9.17, 15) is 12.8 Å². The monoisotopic (exact) mass is 477 g/mol. The highest BCUT2D eigenvalue weighted by molar-refractivity contribution is 7.91. The van der Waals surface area contributed by atoms with Gasteiger partial charge in [-0.05, 0) is 54.6 Å². The number of rotatable bonds is 5. The second-order valence-corrected chi connectivity index (χ2v) is 10.0. The first-order chi connectivity index (χ1) is 16.5. The van der Waals surface area contributed by atoms with Crippen LogP contribution in [0.15, 0.2) is 88.8 Å². The maximum atomic E-state index is 13.7. The zero-order chi connectivity index (χ0) is 23.7. The number of hydrogen-bond acceptors (Lipinski definition) is 6. The number of ether oxygens (including phenoxy) is 1. The maximum absolute atomic E-state index is 13.7. The SMILES string of the molecule is COc1ccc2ncc(S(=O)(=O)c3ccccc3)c(N3CCN(c4ccc(F)cc4)CC3)c2c1. The number of benzene rings is 3. The molecule has 0 unspecified atom stereocenters. The van der Waals surface area contributed by atoms with Crippen LogP contribution >= 0.6 is 0 Å². The van der Waals surface area contributed by atoms with Crippen molar-refractivity contribution in [3.63, 3.8) is 0 Å². The summed E-state index contributed by atoms with van der Waals surface area (Å²) in [7, 11) is -2.22. The Hall–Kier alpha value is -3.65. The van der Waals surface area contributed by atoms with Crippen LogP contribution in [0.1, 0.15) is 0 Å². The largest absolute Gasteiger partial charge is 0.497 e. The van der Waals surface area contributed by atoms with Crippen LogP contribution in [0.3, 0.4) is 0 Å². The van der Waals surface area contributed by atoms with E-state index >= 15 is 0 Å². The first-order valence-electron chi connectivity index (χ1n) is 11.0. The summed E-state index contributed by atoms with van der Waals surface area (Å²) in [4.78, 5) is 9.14. The minimum Gasteiger partial charge on any atom is -0.497 e. The maximum Gasteiger partial charge on any atom is 0.210 e. The molecule has 0 spiro atoms. The van der Waals surface area contributed by atoms with Crippen molar-refractivity contribution >= 4 is 32.1 Å². The molecule has 1 aliphatic rings. The molecular weight excluding hydrogens is 453 g/mol. The Morgan fingerprint density at radius 3 is 2.24 bits per heavy atom. The van der Waals surface area contributed by atoms with E-state index in [-0.39, 0.29) is 15.6 Å². The number of pyridine rings is 1. The van der Waals surface area contributed by atoms with E-state index < -0.39 is 9.84 Å². The smallest absolute Gasteiger partial charge is 0.210 e. The zero-order valence-electron chi connectivity index (χ0n) is 18.7. The fourth-order valence-electron chi connectivity index (χ4n) is 4.36. The van der Waals surface area contributed by atoms with Crippen LogP contribution in [0.4, 0.5) is 15.8 Å². The number of anilines is 2. The molecule has 1 fully saturated rings. The standard InChI is InChI=1S/C26H24FN3O3S/c1-33-21-11-12-24-23(17-21)26(25(18-28-24)34(31,32)22-5-3-2-4-6-22)30-15-13-29(14-16-30)20-9-7-19(27)8-10-20/h2-12,17-18H,13-16H2,1H3. The minimum absolute atomic E-state index is 0.176. The van der Waals surface area contributed by atoms with Crippen LogP contribution in [-0.2, 0) is 9.84 Å². The van der Waals surface area contributed by atoms with E-state index in [1.807, 2.05) is 18.2 Å². The summed E-state index contributed by atoms with van der Waals surface area (Å²) in [5, 5.41) is 0.728. The van der Waals surface area contributed by atoms with Crippen LogP contribution in [0.25, 0.3) is 10.9 Å². The van der Waals surface area contributed by atoms with Crippen LogP contribution in [0, 0.1) is 5.82 Å². The minimum atomic E-state index is -3.80. The molecule has 174 valence electrons. The molecule has 0 amide bonds. The third-order valence-corrected chi connectivity index (χ3v) is 7.91. The number of halogens is 1. The molecule has 1 aliphatic heterocycles. The molecule has 34 heavy (non-hydrogen) atoms. The summed E-state index contributed by atoms with van der Waals surface area (Å²) in [5.74, 6) is 0.366. The Morgan fingerprint density at radius 1 is 0.882 bits per heavy atom. The highest BCUT2D eigenvalue weighted by atomic mass is 32.2. The molecule has 5 rings (SSSR count). The van der Waals surface area contributed by atoms with Gasteiger partial charge in [0.25, 0.3) is 0 Å². The van der Waals surface area contributed by atoms with Crippen LogP contribution < -0.4 is 14.5 Å². The van der Waals surface area contributed by atoms with E-state index in [0.717, 1.165) is 11.1 Å². The lowest BCUT2D eigenvalue weighted by Gasteiger charge is -2.38. The van der Waals surface area contributed by atoms with Crippen LogP contribution in [0.5, 0.6) is 5.75 Å². The van der Waals surface area contributed by atoms with Crippen molar-refractivity contribution in [2.24, 2.45) is 0 Å². The summed E-state index contributed by atoms with van der Waals surface area (Å²) < 4.78 is 46.1. The Bertz CT molecular complexity index is 1420. The molecule has 8 heteroatoms. The number of aromatic nitrogens is 1. The normalized spacial score (nSPS) is 14.4. The molecule has 4 aromatic rings. The van der Waals surface area contributed by atoms with Gasteiger partial charge in [-0.1, -0.05) is 18.2 Å². The second kappa shape index (κ2) is 8.95. The van der Waals surface area contributed by atoms with Gasteiger partial charge < -0.3 is 14.5 Å². The van der Waals surface area contributed by atoms with Gasteiger partial charge in [0, 0.05) is 43.4 Å². The van der Waals surface area contributed by atoms with Gasteiger partial charge in [-0.25, -0.2) is 12.8 Å². The van der Waals surface area contributed by atoms with Crippen LogP contribution in [-0.4, -0.2) is 46.7 Å². The summed E-state index contributed by atoms with van der Waals surface area (Å²) in [5.41, 5.74) is 2.27. The molecule has 0 bridgehead atoms. The molecule has 3 aromatic carbocycles. The molecular formula is C26H24FN3O3S. The summed E-state index contributed by atoms with van der Waals surface area (Å²) in [6.45, 7) is 2.55. The lowest BCUT2D eigenvalue weighted by Crippen LogP contribution is -2.47. The average Bonchev–Trinajstić information content (AvgIpc) is 2.88. The Kier molecular flexibility index (Phi) is 5.83. The highest BCUT2D eigenvalue weighted by Crippen LogP contribution is 2.38. The fourth-order valence-corrected chi connectivity index (χ4v) is 5.81. The van der Waals surface area contributed by atoms with Gasteiger partial charge in [-0.3, -0.25) is 4.98 Å². The van der Waals surface area contributed by atoms with Gasteiger partial charge in [0.1, 0.15) is 16.5 Å². The molecule has 0 atom stereocenters. The van der Waals surface area contributed by atoms with Gasteiger partial charge in [0.05, 0.1) is 23.2 Å². The molecule has 0 saturated carbocycles. The van der Waals surface area contributed by atoms with Crippen molar-refractivity contribution in [1.82, 2.24) is 4.98 Å². The fraction of sp³-hybridized carbons (Fsp3) is 0.192. The van der Waals surface area contributed by atoms with Gasteiger partial charge in [-0.2, -0.15) is 0 Å². The number of fused-ring (bicyclic) bond motifs is 1. The number of nitrogens with zero attached hydrogens (tertiary/aromatic N) is 3. The number of piperazine rings is 1. The molecule has 6 nitrogen and oxygen atoms in total. The quantitative estimate of drug-likeness (QED) is 0.421. The number of sulfone groups is 1. The zero-order valence-corrected chi connectivity index (χ0v) is 19.5. The van der Waals surface area contributed by atoms with Crippen molar-refractivity contribution in [1.29, 1.82) is 0 Å². The topological polar surface area (TPSA) is 62.7 Å². The molecule has 1 saturated heterocycles. The van der Waals surface area contributed by atoms with Crippen molar-refractivity contribution < 1.29 is 17.5 Å². The van der Waals surface area contributed by atoms with E-state index in [1.165, 1.54) is 18.3 Å².